The molecule has 0 aliphatic heterocycles. The van der Waals surface area contributed by atoms with Crippen molar-refractivity contribution in [1.29, 1.82) is 0 Å². The molecule has 0 amide bonds. The molecule has 1 N–H and O–H groups in total. The fourth-order valence-corrected chi connectivity index (χ4v) is 1.81. The minimum Gasteiger partial charge on any atom is -0.374 e. The zero-order valence-electron chi connectivity index (χ0n) is 9.06. The summed E-state index contributed by atoms with van der Waals surface area (Å²) in [4.78, 5) is 0. The van der Waals surface area contributed by atoms with E-state index in [9.17, 15) is 8.78 Å². The van der Waals surface area contributed by atoms with Crippen molar-refractivity contribution in [3.05, 3.63) is 33.3 Å². The first-order valence-electron chi connectivity index (χ1n) is 5.10. The van der Waals surface area contributed by atoms with Crippen LogP contribution in [0.3, 0.4) is 0 Å². The third-order valence-electron chi connectivity index (χ3n) is 1.99. The Morgan fingerprint density at radius 3 is 2.88 bits per heavy atom. The lowest BCUT2D eigenvalue weighted by Crippen LogP contribution is -2.20. The van der Waals surface area contributed by atoms with Crippen LogP contribution in [0.15, 0.2) is 22.7 Å². The second-order valence-corrected chi connectivity index (χ2v) is 4.70. The fourth-order valence-electron chi connectivity index (χ4n) is 1.22. The van der Waals surface area contributed by atoms with Gasteiger partial charge in [-0.25, -0.2) is 8.78 Å². The minimum atomic E-state index is -2.41. The number of hydrogen-bond acceptors (Lipinski definition) is 2. The van der Waals surface area contributed by atoms with Gasteiger partial charge in [0.25, 0.3) is 6.43 Å². The van der Waals surface area contributed by atoms with Crippen LogP contribution >= 0.6 is 27.5 Å². The quantitative estimate of drug-likeness (QED) is 0.774. The van der Waals surface area contributed by atoms with Crippen molar-refractivity contribution in [3.8, 4) is 0 Å². The molecule has 0 aromatic heterocycles. The Labute approximate surface area is 112 Å². The molecule has 0 heterocycles. The standard InChI is InChI=1S/C11H13BrClF2NO/c12-9-1-2-10(13)8(5-9)6-16-3-4-17-7-11(14)15/h1-2,5,11,16H,3-4,6-7H2. The fraction of sp³-hybridized carbons (Fsp3) is 0.455. The lowest BCUT2D eigenvalue weighted by Gasteiger charge is -2.07. The topological polar surface area (TPSA) is 21.3 Å². The molecule has 0 fully saturated rings. The first-order valence-corrected chi connectivity index (χ1v) is 6.27. The zero-order chi connectivity index (χ0) is 12.7. The molecule has 0 aliphatic rings. The average Bonchev–Trinajstić information content (AvgIpc) is 2.27. The maximum absolute atomic E-state index is 11.7. The average molecular weight is 329 g/mol. The summed E-state index contributed by atoms with van der Waals surface area (Å²) in [6.45, 7) is 0.834. The largest absolute Gasteiger partial charge is 0.374 e. The van der Waals surface area contributed by atoms with Crippen molar-refractivity contribution >= 4 is 27.5 Å². The van der Waals surface area contributed by atoms with E-state index >= 15 is 0 Å². The summed E-state index contributed by atoms with van der Waals surface area (Å²) in [5.74, 6) is 0. The van der Waals surface area contributed by atoms with Gasteiger partial charge in [-0.15, -0.1) is 0 Å². The van der Waals surface area contributed by atoms with E-state index in [-0.39, 0.29) is 6.61 Å². The lowest BCUT2D eigenvalue weighted by molar-refractivity contribution is 0.0187. The van der Waals surface area contributed by atoms with E-state index in [2.05, 4.69) is 21.2 Å². The lowest BCUT2D eigenvalue weighted by atomic mass is 10.2. The first kappa shape index (κ1) is 14.8. The van der Waals surface area contributed by atoms with Crippen molar-refractivity contribution < 1.29 is 13.5 Å². The summed E-state index contributed by atoms with van der Waals surface area (Å²) in [5, 5.41) is 3.74. The molecule has 0 radical (unpaired) electrons. The molecule has 1 aromatic rings. The minimum absolute atomic E-state index is 0.260. The normalized spacial score (nSPS) is 11.1. The van der Waals surface area contributed by atoms with Crippen LogP contribution in [0.5, 0.6) is 0 Å². The predicted octanol–water partition coefficient (Wildman–Crippen LogP) is 3.47. The van der Waals surface area contributed by atoms with E-state index in [1.165, 1.54) is 0 Å². The third kappa shape index (κ3) is 6.31. The molecule has 96 valence electrons. The van der Waals surface area contributed by atoms with Gasteiger partial charge in [-0.05, 0) is 23.8 Å². The van der Waals surface area contributed by atoms with Crippen LogP contribution in [0.4, 0.5) is 8.78 Å². The summed E-state index contributed by atoms with van der Waals surface area (Å²) in [5.41, 5.74) is 0.954. The monoisotopic (exact) mass is 327 g/mol. The Kier molecular flexibility index (Phi) is 6.96. The highest BCUT2D eigenvalue weighted by Crippen LogP contribution is 2.20. The molecule has 0 spiro atoms. The molecule has 0 unspecified atom stereocenters. The number of ether oxygens (including phenoxy) is 1. The Morgan fingerprint density at radius 1 is 1.41 bits per heavy atom. The number of halogens is 4. The van der Waals surface area contributed by atoms with Gasteiger partial charge in [0.2, 0.25) is 0 Å². The first-order chi connectivity index (χ1) is 8.09. The summed E-state index contributed by atoms with van der Waals surface area (Å²) in [6.07, 6.45) is -2.41. The van der Waals surface area contributed by atoms with Gasteiger partial charge < -0.3 is 10.1 Å². The third-order valence-corrected chi connectivity index (χ3v) is 2.85. The van der Waals surface area contributed by atoms with E-state index in [1.807, 2.05) is 12.1 Å². The van der Waals surface area contributed by atoms with Gasteiger partial charge >= 0.3 is 0 Å². The van der Waals surface area contributed by atoms with Gasteiger partial charge in [-0.1, -0.05) is 27.5 Å². The molecule has 1 aromatic carbocycles. The van der Waals surface area contributed by atoms with Crippen molar-refractivity contribution in [2.45, 2.75) is 13.0 Å². The maximum Gasteiger partial charge on any atom is 0.261 e. The molecule has 2 nitrogen and oxygen atoms in total. The number of alkyl halides is 2. The molecule has 0 bridgehead atoms. The van der Waals surface area contributed by atoms with E-state index in [4.69, 9.17) is 16.3 Å². The van der Waals surface area contributed by atoms with Gasteiger partial charge in [-0.3, -0.25) is 0 Å². The summed E-state index contributed by atoms with van der Waals surface area (Å²) < 4.78 is 29.2. The van der Waals surface area contributed by atoms with Crippen LogP contribution in [-0.4, -0.2) is 26.2 Å². The van der Waals surface area contributed by atoms with E-state index in [0.29, 0.717) is 18.1 Å². The smallest absolute Gasteiger partial charge is 0.261 e. The highest BCUT2D eigenvalue weighted by atomic mass is 79.9. The second-order valence-electron chi connectivity index (χ2n) is 3.38. The molecule has 0 atom stereocenters. The van der Waals surface area contributed by atoms with E-state index < -0.39 is 13.0 Å². The van der Waals surface area contributed by atoms with Gasteiger partial charge in [0, 0.05) is 22.6 Å². The van der Waals surface area contributed by atoms with Crippen LogP contribution in [0, 0.1) is 0 Å². The zero-order valence-corrected chi connectivity index (χ0v) is 11.4. The Balaban J connectivity index is 2.20. The van der Waals surface area contributed by atoms with E-state index in [0.717, 1.165) is 10.0 Å². The SMILES string of the molecule is FC(F)COCCNCc1cc(Br)ccc1Cl. The number of nitrogens with one attached hydrogen (secondary N) is 1. The molecule has 17 heavy (non-hydrogen) atoms. The highest BCUT2D eigenvalue weighted by molar-refractivity contribution is 9.10. The van der Waals surface area contributed by atoms with Gasteiger partial charge in [0.15, 0.2) is 0 Å². The van der Waals surface area contributed by atoms with Gasteiger partial charge in [0.05, 0.1) is 6.61 Å². The molecular formula is C11H13BrClF2NO. The maximum atomic E-state index is 11.7. The van der Waals surface area contributed by atoms with Crippen molar-refractivity contribution in [3.63, 3.8) is 0 Å². The summed E-state index contributed by atoms with van der Waals surface area (Å²) in [6, 6.07) is 5.57. The van der Waals surface area contributed by atoms with Crippen LogP contribution in [0.25, 0.3) is 0 Å². The van der Waals surface area contributed by atoms with Crippen LogP contribution < -0.4 is 5.32 Å². The molecular weight excluding hydrogens is 315 g/mol. The van der Waals surface area contributed by atoms with Gasteiger partial charge in [-0.2, -0.15) is 0 Å². The highest BCUT2D eigenvalue weighted by Gasteiger charge is 2.02. The number of rotatable bonds is 7. The van der Waals surface area contributed by atoms with Crippen molar-refractivity contribution in [2.75, 3.05) is 19.8 Å². The van der Waals surface area contributed by atoms with E-state index in [1.54, 1.807) is 6.07 Å². The second kappa shape index (κ2) is 7.97. The summed E-state index contributed by atoms with van der Waals surface area (Å²) in [7, 11) is 0. The molecule has 6 heteroatoms. The number of hydrogen-bond donors (Lipinski definition) is 1. The molecule has 1 rings (SSSR count). The van der Waals surface area contributed by atoms with Crippen molar-refractivity contribution in [1.82, 2.24) is 5.32 Å². The molecule has 0 saturated carbocycles. The summed E-state index contributed by atoms with van der Waals surface area (Å²) >= 11 is 9.34. The Morgan fingerprint density at radius 2 is 2.18 bits per heavy atom. The number of benzene rings is 1. The Bertz CT molecular complexity index is 352. The molecule has 0 saturated heterocycles. The van der Waals surface area contributed by atoms with Crippen LogP contribution in [-0.2, 0) is 11.3 Å². The van der Waals surface area contributed by atoms with Crippen LogP contribution in [0.1, 0.15) is 5.56 Å². The van der Waals surface area contributed by atoms with Crippen LogP contribution in [0.2, 0.25) is 5.02 Å². The Hall–Kier alpha value is -0.230. The molecule has 0 aliphatic carbocycles. The predicted molar refractivity (Wildman–Crippen MR) is 67.7 cm³/mol. The van der Waals surface area contributed by atoms with Crippen molar-refractivity contribution in [2.24, 2.45) is 0 Å². The van der Waals surface area contributed by atoms with Gasteiger partial charge in [0.1, 0.15) is 6.61 Å².